The molecular weight excluding hydrogens is 334 g/mol. The predicted octanol–water partition coefficient (Wildman–Crippen LogP) is 4.15. The number of para-hydroxylation sites is 1. The standard InChI is InChI=1S/C16H12F2N4OS/c17-13(18)10-7-11(20-14(19-10)8-5-6-8)15(23)22-16-21-9-3-1-2-4-12(9)24-16/h1-4,7-8,13H,5-6H2,(H,21,22,23). The Balaban J connectivity index is 1.63. The first-order valence-electron chi connectivity index (χ1n) is 7.44. The number of amides is 1. The number of fused-ring (bicyclic) bond motifs is 1. The molecule has 1 fully saturated rings. The molecule has 1 N–H and O–H groups in total. The van der Waals surface area contributed by atoms with E-state index < -0.39 is 18.0 Å². The molecule has 0 aliphatic heterocycles. The summed E-state index contributed by atoms with van der Waals surface area (Å²) in [6.45, 7) is 0. The average molecular weight is 346 g/mol. The fraction of sp³-hybridized carbons (Fsp3) is 0.250. The maximum Gasteiger partial charge on any atom is 0.280 e. The second kappa shape index (κ2) is 5.86. The van der Waals surface area contributed by atoms with Gasteiger partial charge in [0.15, 0.2) is 5.13 Å². The van der Waals surface area contributed by atoms with Gasteiger partial charge >= 0.3 is 0 Å². The summed E-state index contributed by atoms with van der Waals surface area (Å²) < 4.78 is 26.9. The molecule has 1 aliphatic carbocycles. The Hall–Kier alpha value is -2.48. The van der Waals surface area contributed by atoms with Crippen LogP contribution in [0.1, 0.15) is 47.2 Å². The van der Waals surface area contributed by atoms with Crippen LogP contribution in [0.2, 0.25) is 0 Å². The lowest BCUT2D eigenvalue weighted by molar-refractivity contribution is 0.102. The first kappa shape index (κ1) is 15.1. The van der Waals surface area contributed by atoms with E-state index in [-0.39, 0.29) is 11.6 Å². The Morgan fingerprint density at radius 1 is 1.21 bits per heavy atom. The van der Waals surface area contributed by atoms with Crippen molar-refractivity contribution in [1.82, 2.24) is 15.0 Å². The van der Waals surface area contributed by atoms with Crippen LogP contribution >= 0.6 is 11.3 Å². The third-order valence-electron chi connectivity index (χ3n) is 3.68. The second-order valence-electron chi connectivity index (χ2n) is 5.55. The van der Waals surface area contributed by atoms with E-state index in [0.717, 1.165) is 29.1 Å². The topological polar surface area (TPSA) is 67.8 Å². The summed E-state index contributed by atoms with van der Waals surface area (Å²) in [7, 11) is 0. The molecule has 0 saturated heterocycles. The fourth-order valence-electron chi connectivity index (χ4n) is 2.32. The number of aromatic nitrogens is 3. The van der Waals surface area contributed by atoms with Crippen molar-refractivity contribution in [2.45, 2.75) is 25.2 Å². The van der Waals surface area contributed by atoms with Crippen molar-refractivity contribution in [3.05, 3.63) is 47.5 Å². The lowest BCUT2D eigenvalue weighted by Gasteiger charge is -2.06. The van der Waals surface area contributed by atoms with E-state index in [2.05, 4.69) is 20.3 Å². The van der Waals surface area contributed by atoms with Gasteiger partial charge in [0.1, 0.15) is 17.2 Å². The van der Waals surface area contributed by atoms with Crippen LogP contribution in [0.25, 0.3) is 10.2 Å². The average Bonchev–Trinajstić information content (AvgIpc) is 3.34. The molecule has 1 aliphatic rings. The Bertz CT molecular complexity index is 870. The molecule has 2 heterocycles. The molecule has 24 heavy (non-hydrogen) atoms. The highest BCUT2D eigenvalue weighted by Crippen LogP contribution is 2.38. The van der Waals surface area contributed by atoms with E-state index in [1.807, 2.05) is 24.3 Å². The molecule has 1 aromatic carbocycles. The van der Waals surface area contributed by atoms with Crippen molar-refractivity contribution in [1.29, 1.82) is 0 Å². The highest BCUT2D eigenvalue weighted by molar-refractivity contribution is 7.22. The largest absolute Gasteiger partial charge is 0.296 e. The first-order valence-corrected chi connectivity index (χ1v) is 8.26. The molecule has 0 unspecified atom stereocenters. The van der Waals surface area contributed by atoms with Gasteiger partial charge in [-0.1, -0.05) is 23.5 Å². The molecular formula is C16H12F2N4OS. The van der Waals surface area contributed by atoms with Gasteiger partial charge in [0.05, 0.1) is 10.2 Å². The molecule has 1 amide bonds. The first-order chi connectivity index (χ1) is 11.6. The minimum Gasteiger partial charge on any atom is -0.296 e. The number of anilines is 1. The summed E-state index contributed by atoms with van der Waals surface area (Å²) >= 11 is 1.32. The summed E-state index contributed by atoms with van der Waals surface area (Å²) in [5.74, 6) is -0.153. The van der Waals surface area contributed by atoms with Crippen LogP contribution in [0.15, 0.2) is 30.3 Å². The molecule has 122 valence electrons. The number of hydrogen-bond acceptors (Lipinski definition) is 5. The third kappa shape index (κ3) is 2.96. The van der Waals surface area contributed by atoms with Gasteiger partial charge in [-0.2, -0.15) is 0 Å². The maximum absolute atomic E-state index is 13.0. The molecule has 4 rings (SSSR count). The molecule has 5 nitrogen and oxygen atoms in total. The van der Waals surface area contributed by atoms with Crippen molar-refractivity contribution in [3.8, 4) is 0 Å². The number of nitrogens with one attached hydrogen (secondary N) is 1. The summed E-state index contributed by atoms with van der Waals surface area (Å²) in [6.07, 6.45) is -1.00. The van der Waals surface area contributed by atoms with E-state index in [1.165, 1.54) is 11.3 Å². The normalized spacial score (nSPS) is 14.3. The van der Waals surface area contributed by atoms with Gasteiger partial charge in [-0.15, -0.1) is 0 Å². The highest BCUT2D eigenvalue weighted by atomic mass is 32.1. The van der Waals surface area contributed by atoms with Gasteiger partial charge in [0.2, 0.25) is 0 Å². The Kier molecular flexibility index (Phi) is 3.68. The smallest absolute Gasteiger partial charge is 0.280 e. The van der Waals surface area contributed by atoms with Crippen LogP contribution in [0.4, 0.5) is 13.9 Å². The van der Waals surface area contributed by atoms with Crippen molar-refractivity contribution in [3.63, 3.8) is 0 Å². The molecule has 0 atom stereocenters. The van der Waals surface area contributed by atoms with Gasteiger partial charge in [-0.3, -0.25) is 10.1 Å². The molecule has 2 aromatic heterocycles. The Morgan fingerprint density at radius 3 is 2.71 bits per heavy atom. The Labute approximate surface area is 139 Å². The maximum atomic E-state index is 13.0. The minimum atomic E-state index is -2.74. The van der Waals surface area contributed by atoms with E-state index in [0.29, 0.717) is 11.0 Å². The van der Waals surface area contributed by atoms with Crippen LogP contribution < -0.4 is 5.32 Å². The van der Waals surface area contributed by atoms with E-state index in [9.17, 15) is 13.6 Å². The number of halogens is 2. The Morgan fingerprint density at radius 2 is 2.00 bits per heavy atom. The van der Waals surface area contributed by atoms with E-state index >= 15 is 0 Å². The quantitative estimate of drug-likeness (QED) is 0.770. The van der Waals surface area contributed by atoms with Crippen LogP contribution in [0.3, 0.4) is 0 Å². The molecule has 0 radical (unpaired) electrons. The number of carbonyl (C=O) groups excluding carboxylic acids is 1. The number of benzene rings is 1. The lowest BCUT2D eigenvalue weighted by Crippen LogP contribution is -2.16. The fourth-order valence-corrected chi connectivity index (χ4v) is 3.19. The van der Waals surface area contributed by atoms with Crippen LogP contribution in [-0.2, 0) is 0 Å². The lowest BCUT2D eigenvalue weighted by atomic mass is 10.2. The minimum absolute atomic E-state index is 0.0542. The van der Waals surface area contributed by atoms with Gasteiger partial charge < -0.3 is 0 Å². The summed E-state index contributed by atoms with van der Waals surface area (Å²) in [5, 5.41) is 3.04. The number of carbonyl (C=O) groups is 1. The van der Waals surface area contributed by atoms with E-state index in [1.54, 1.807) is 0 Å². The number of rotatable bonds is 4. The van der Waals surface area contributed by atoms with Gasteiger partial charge in [-0.25, -0.2) is 23.7 Å². The summed E-state index contributed by atoms with van der Waals surface area (Å²) in [6, 6.07) is 8.52. The molecule has 8 heteroatoms. The van der Waals surface area contributed by atoms with Crippen LogP contribution in [0.5, 0.6) is 0 Å². The zero-order valence-corrected chi connectivity index (χ0v) is 13.2. The highest BCUT2D eigenvalue weighted by Gasteiger charge is 2.29. The van der Waals surface area contributed by atoms with Gasteiger partial charge in [0.25, 0.3) is 12.3 Å². The second-order valence-corrected chi connectivity index (χ2v) is 6.58. The molecule has 0 bridgehead atoms. The zero-order chi connectivity index (χ0) is 16.7. The predicted molar refractivity (Wildman–Crippen MR) is 86.5 cm³/mol. The SMILES string of the molecule is O=C(Nc1nc2ccccc2s1)c1cc(C(F)F)nc(C2CC2)n1. The number of thiazole rings is 1. The summed E-state index contributed by atoms with van der Waals surface area (Å²) in [5.41, 5.74) is 0.301. The van der Waals surface area contributed by atoms with Gasteiger partial charge in [-0.05, 0) is 31.0 Å². The third-order valence-corrected chi connectivity index (χ3v) is 4.63. The van der Waals surface area contributed by atoms with Crippen molar-refractivity contribution >= 4 is 32.6 Å². The summed E-state index contributed by atoms with van der Waals surface area (Å²) in [4.78, 5) is 24.7. The van der Waals surface area contributed by atoms with Gasteiger partial charge in [0, 0.05) is 5.92 Å². The van der Waals surface area contributed by atoms with Crippen molar-refractivity contribution < 1.29 is 13.6 Å². The van der Waals surface area contributed by atoms with Crippen molar-refractivity contribution in [2.24, 2.45) is 0 Å². The molecule has 3 aromatic rings. The monoisotopic (exact) mass is 346 g/mol. The van der Waals surface area contributed by atoms with Crippen molar-refractivity contribution in [2.75, 3.05) is 5.32 Å². The van der Waals surface area contributed by atoms with E-state index in [4.69, 9.17) is 0 Å². The molecule has 0 spiro atoms. The number of alkyl halides is 2. The van der Waals surface area contributed by atoms with Crippen LogP contribution in [0, 0.1) is 0 Å². The zero-order valence-electron chi connectivity index (χ0n) is 12.4. The number of nitrogens with zero attached hydrogens (tertiary/aromatic N) is 3. The number of hydrogen-bond donors (Lipinski definition) is 1. The van der Waals surface area contributed by atoms with Crippen LogP contribution in [-0.4, -0.2) is 20.9 Å². The molecule has 1 saturated carbocycles.